The molecule has 2 aromatic carbocycles. The molecule has 0 aliphatic heterocycles. The van der Waals surface area contributed by atoms with Gasteiger partial charge >= 0.3 is 0 Å². The molecule has 1 N–H and O–H groups in total. The molecule has 0 saturated heterocycles. The third-order valence-electron chi connectivity index (χ3n) is 4.03. The Morgan fingerprint density at radius 1 is 1.19 bits per heavy atom. The number of benzene rings is 2. The van der Waals surface area contributed by atoms with Crippen molar-refractivity contribution in [3.05, 3.63) is 65.9 Å². The zero-order chi connectivity index (χ0) is 18.6. The largest absolute Gasteiger partial charge is 0.481 e. The molecule has 7 heteroatoms. The smallest absolute Gasteiger partial charge is 0.261 e. The minimum absolute atomic E-state index is 0.155. The van der Waals surface area contributed by atoms with E-state index in [4.69, 9.17) is 9.26 Å². The molecule has 0 saturated carbocycles. The van der Waals surface area contributed by atoms with Crippen LogP contribution in [0.1, 0.15) is 12.8 Å². The van der Waals surface area contributed by atoms with E-state index >= 15 is 0 Å². The van der Waals surface area contributed by atoms with Crippen LogP contribution in [0.2, 0.25) is 0 Å². The molecule has 0 fully saturated rings. The van der Waals surface area contributed by atoms with Crippen LogP contribution in [0, 0.1) is 0 Å². The van der Waals surface area contributed by atoms with Crippen LogP contribution in [-0.4, -0.2) is 22.2 Å². The Bertz CT molecular complexity index is 1060. The lowest BCUT2D eigenvalue weighted by molar-refractivity contribution is -0.127. The van der Waals surface area contributed by atoms with Crippen LogP contribution in [0.25, 0.3) is 21.5 Å². The zero-order valence-corrected chi connectivity index (χ0v) is 15.4. The molecule has 4 rings (SSSR count). The summed E-state index contributed by atoms with van der Waals surface area (Å²) in [6, 6.07) is 17.6. The number of thiophene rings is 1. The van der Waals surface area contributed by atoms with Crippen LogP contribution in [0.5, 0.6) is 5.75 Å². The molecule has 1 unspecified atom stereocenters. The first-order valence-corrected chi connectivity index (χ1v) is 9.36. The Kier molecular flexibility index (Phi) is 4.84. The Balaban J connectivity index is 1.35. The number of ether oxygens (including phenoxy) is 1. The van der Waals surface area contributed by atoms with Crippen molar-refractivity contribution in [3.8, 4) is 16.5 Å². The number of rotatable bonds is 6. The number of hydrogen-bond donors (Lipinski definition) is 1. The molecular weight excluding hydrogens is 362 g/mol. The van der Waals surface area contributed by atoms with E-state index in [1.165, 1.54) is 11.3 Å². The lowest BCUT2D eigenvalue weighted by atomic mass is 10.1. The van der Waals surface area contributed by atoms with Crippen molar-refractivity contribution >= 4 is 28.0 Å². The van der Waals surface area contributed by atoms with Gasteiger partial charge in [0.05, 0.1) is 11.4 Å². The highest BCUT2D eigenvalue weighted by Gasteiger charge is 2.16. The molecule has 27 heavy (non-hydrogen) atoms. The molecule has 0 spiro atoms. The maximum absolute atomic E-state index is 12.3. The molecule has 0 radical (unpaired) electrons. The van der Waals surface area contributed by atoms with E-state index in [2.05, 4.69) is 15.5 Å². The maximum Gasteiger partial charge on any atom is 0.261 e. The highest BCUT2D eigenvalue weighted by Crippen LogP contribution is 2.22. The summed E-state index contributed by atoms with van der Waals surface area (Å²) >= 11 is 1.53. The van der Waals surface area contributed by atoms with Crippen molar-refractivity contribution in [1.29, 1.82) is 0 Å². The summed E-state index contributed by atoms with van der Waals surface area (Å²) in [5.74, 6) is 1.27. The average Bonchev–Trinajstić information content (AvgIpc) is 3.37. The van der Waals surface area contributed by atoms with Crippen LogP contribution in [-0.2, 0) is 11.3 Å². The Hall–Kier alpha value is -3.19. The maximum atomic E-state index is 12.3. The molecule has 2 heterocycles. The van der Waals surface area contributed by atoms with Crippen molar-refractivity contribution in [2.24, 2.45) is 0 Å². The van der Waals surface area contributed by atoms with E-state index in [1.807, 2.05) is 60.0 Å². The van der Waals surface area contributed by atoms with Crippen molar-refractivity contribution in [1.82, 2.24) is 15.5 Å². The second-order valence-corrected chi connectivity index (χ2v) is 6.92. The fraction of sp³-hybridized carbons (Fsp3) is 0.150. The number of fused-ring (bicyclic) bond motifs is 1. The zero-order valence-electron chi connectivity index (χ0n) is 14.6. The van der Waals surface area contributed by atoms with Crippen LogP contribution in [0.3, 0.4) is 0 Å². The Morgan fingerprint density at radius 3 is 2.85 bits per heavy atom. The molecule has 6 nitrogen and oxygen atoms in total. The molecule has 1 atom stereocenters. The van der Waals surface area contributed by atoms with Crippen LogP contribution >= 0.6 is 11.3 Å². The van der Waals surface area contributed by atoms with Gasteiger partial charge in [-0.1, -0.05) is 41.6 Å². The van der Waals surface area contributed by atoms with Gasteiger partial charge in [-0.2, -0.15) is 4.98 Å². The van der Waals surface area contributed by atoms with Gasteiger partial charge in [0.1, 0.15) is 5.75 Å². The number of carbonyl (C=O) groups excluding carboxylic acids is 1. The minimum Gasteiger partial charge on any atom is -0.481 e. The van der Waals surface area contributed by atoms with Crippen molar-refractivity contribution < 1.29 is 14.1 Å². The van der Waals surface area contributed by atoms with Gasteiger partial charge in [0.2, 0.25) is 11.7 Å². The summed E-state index contributed by atoms with van der Waals surface area (Å²) in [5.41, 5.74) is 0. The van der Waals surface area contributed by atoms with Gasteiger partial charge in [-0.05, 0) is 41.3 Å². The first-order valence-electron chi connectivity index (χ1n) is 8.49. The average molecular weight is 379 g/mol. The van der Waals surface area contributed by atoms with Crippen molar-refractivity contribution in [3.63, 3.8) is 0 Å². The molecular formula is C20H17N3O3S. The third-order valence-corrected chi connectivity index (χ3v) is 4.89. The molecule has 0 aliphatic rings. The highest BCUT2D eigenvalue weighted by atomic mass is 32.1. The van der Waals surface area contributed by atoms with Crippen LogP contribution < -0.4 is 10.1 Å². The molecule has 1 amide bonds. The van der Waals surface area contributed by atoms with E-state index in [0.29, 0.717) is 17.5 Å². The molecule has 136 valence electrons. The Morgan fingerprint density at radius 2 is 2.04 bits per heavy atom. The van der Waals surface area contributed by atoms with E-state index in [9.17, 15) is 4.79 Å². The van der Waals surface area contributed by atoms with Crippen molar-refractivity contribution in [2.45, 2.75) is 19.6 Å². The van der Waals surface area contributed by atoms with Crippen LogP contribution in [0.4, 0.5) is 0 Å². The molecule has 0 bridgehead atoms. The van der Waals surface area contributed by atoms with Gasteiger partial charge in [-0.15, -0.1) is 11.3 Å². The second-order valence-electron chi connectivity index (χ2n) is 5.98. The SMILES string of the molecule is CC(Oc1ccc2ccccc2c1)C(=O)NCc1nc(-c2cccs2)no1. The third kappa shape index (κ3) is 3.98. The van der Waals surface area contributed by atoms with E-state index < -0.39 is 6.10 Å². The number of hydrogen-bond acceptors (Lipinski definition) is 6. The van der Waals surface area contributed by atoms with Gasteiger partial charge in [0.25, 0.3) is 5.91 Å². The van der Waals surface area contributed by atoms with Crippen molar-refractivity contribution in [2.75, 3.05) is 0 Å². The summed E-state index contributed by atoms with van der Waals surface area (Å²) < 4.78 is 10.9. The number of nitrogens with one attached hydrogen (secondary N) is 1. The quantitative estimate of drug-likeness (QED) is 0.547. The lowest BCUT2D eigenvalue weighted by Crippen LogP contribution is -2.35. The van der Waals surface area contributed by atoms with Crippen LogP contribution in [0.15, 0.2) is 64.5 Å². The standard InChI is InChI=1S/C20H17N3O3S/c1-13(25-16-9-8-14-5-2-3-6-15(14)11-16)20(24)21-12-18-22-19(23-26-18)17-7-4-10-27-17/h2-11,13H,12H2,1H3,(H,21,24). The van der Waals surface area contributed by atoms with Gasteiger partial charge in [-0.3, -0.25) is 4.79 Å². The second kappa shape index (κ2) is 7.59. The first kappa shape index (κ1) is 17.2. The number of carbonyl (C=O) groups is 1. The monoisotopic (exact) mass is 379 g/mol. The fourth-order valence-corrected chi connectivity index (χ4v) is 3.29. The summed E-state index contributed by atoms with van der Waals surface area (Å²) in [6.07, 6.45) is -0.647. The van der Waals surface area contributed by atoms with E-state index in [-0.39, 0.29) is 12.5 Å². The minimum atomic E-state index is -0.647. The molecule has 4 aromatic rings. The fourth-order valence-electron chi connectivity index (χ4n) is 2.64. The summed E-state index contributed by atoms with van der Waals surface area (Å²) in [7, 11) is 0. The summed E-state index contributed by atoms with van der Waals surface area (Å²) in [4.78, 5) is 17.5. The number of nitrogens with zero attached hydrogens (tertiary/aromatic N) is 2. The molecule has 0 aliphatic carbocycles. The predicted molar refractivity (Wildman–Crippen MR) is 103 cm³/mol. The lowest BCUT2D eigenvalue weighted by Gasteiger charge is -2.14. The summed E-state index contributed by atoms with van der Waals surface area (Å²) in [6.45, 7) is 1.86. The van der Waals surface area contributed by atoms with Gasteiger partial charge in [0, 0.05) is 0 Å². The van der Waals surface area contributed by atoms with Gasteiger partial charge in [-0.25, -0.2) is 0 Å². The normalized spacial score (nSPS) is 12.0. The summed E-state index contributed by atoms with van der Waals surface area (Å²) in [5, 5.41) is 10.8. The topological polar surface area (TPSA) is 77.2 Å². The number of amides is 1. The van der Waals surface area contributed by atoms with E-state index in [1.54, 1.807) is 6.92 Å². The highest BCUT2D eigenvalue weighted by molar-refractivity contribution is 7.13. The van der Waals surface area contributed by atoms with E-state index in [0.717, 1.165) is 15.6 Å². The number of aromatic nitrogens is 2. The van der Waals surface area contributed by atoms with Gasteiger partial charge in [0.15, 0.2) is 6.10 Å². The predicted octanol–water partition coefficient (Wildman–Crippen LogP) is 4.04. The first-order chi connectivity index (χ1) is 13.2. The van der Waals surface area contributed by atoms with Gasteiger partial charge < -0.3 is 14.6 Å². The molecule has 2 aromatic heterocycles. The Labute approximate surface area is 159 Å².